The third kappa shape index (κ3) is 3.80. The zero-order chi connectivity index (χ0) is 22.4. The molecule has 0 bridgehead atoms. The molecule has 4 heterocycles. The van der Waals surface area contributed by atoms with Crippen molar-refractivity contribution in [3.63, 3.8) is 0 Å². The van der Waals surface area contributed by atoms with Gasteiger partial charge in [-0.15, -0.1) is 0 Å². The van der Waals surface area contributed by atoms with Gasteiger partial charge in [0.2, 0.25) is 6.35 Å². The van der Waals surface area contributed by atoms with Crippen molar-refractivity contribution in [3.05, 3.63) is 58.2 Å². The summed E-state index contributed by atoms with van der Waals surface area (Å²) < 4.78 is 15.9. The van der Waals surface area contributed by atoms with Crippen molar-refractivity contribution >= 4 is 34.7 Å². The Morgan fingerprint density at radius 1 is 1.28 bits per heavy atom. The fraction of sp³-hybridized carbons (Fsp3) is 0.333. The van der Waals surface area contributed by atoms with Crippen LogP contribution in [0.15, 0.2) is 36.8 Å². The van der Waals surface area contributed by atoms with E-state index in [2.05, 4.69) is 20.7 Å². The molecule has 1 aromatic carbocycles. The van der Waals surface area contributed by atoms with E-state index in [1.165, 1.54) is 17.2 Å². The van der Waals surface area contributed by atoms with Crippen LogP contribution in [0.3, 0.4) is 0 Å². The number of hydroxylamine groups is 1. The van der Waals surface area contributed by atoms with Gasteiger partial charge in [-0.1, -0.05) is 23.2 Å². The van der Waals surface area contributed by atoms with Gasteiger partial charge in [0.25, 0.3) is 0 Å². The van der Waals surface area contributed by atoms with Gasteiger partial charge in [0, 0.05) is 40.7 Å². The highest BCUT2D eigenvalue weighted by Gasteiger charge is 2.33. The number of nitrogens with zero attached hydrogens (tertiary/aromatic N) is 4. The molecule has 0 aliphatic carbocycles. The molecule has 0 saturated carbocycles. The quantitative estimate of drug-likeness (QED) is 0.475. The monoisotopic (exact) mass is 478 g/mol. The molecule has 3 aromatic rings. The van der Waals surface area contributed by atoms with Gasteiger partial charge < -0.3 is 15.7 Å². The SMILES string of the molecule is CC(ON1c2cc(-c3cnn(C4CCNC4)c3)cnc2NC1O)c1c(Cl)ccc(F)c1Cl. The summed E-state index contributed by atoms with van der Waals surface area (Å²) in [6.07, 6.45) is 4.59. The highest BCUT2D eigenvalue weighted by molar-refractivity contribution is 6.36. The predicted molar refractivity (Wildman–Crippen MR) is 120 cm³/mol. The van der Waals surface area contributed by atoms with Crippen molar-refractivity contribution in [2.45, 2.75) is 31.8 Å². The predicted octanol–water partition coefficient (Wildman–Crippen LogP) is 4.13. The average Bonchev–Trinajstić information content (AvgIpc) is 3.51. The second kappa shape index (κ2) is 8.49. The molecule has 0 radical (unpaired) electrons. The maximum atomic E-state index is 14.0. The first kappa shape index (κ1) is 21.4. The van der Waals surface area contributed by atoms with Crippen LogP contribution in [0.25, 0.3) is 11.1 Å². The Labute approximate surface area is 193 Å². The van der Waals surface area contributed by atoms with Crippen molar-refractivity contribution in [2.75, 3.05) is 23.5 Å². The van der Waals surface area contributed by atoms with Gasteiger partial charge in [-0.2, -0.15) is 5.10 Å². The summed E-state index contributed by atoms with van der Waals surface area (Å²) in [6, 6.07) is 4.79. The van der Waals surface area contributed by atoms with Gasteiger partial charge in [0.05, 0.1) is 17.3 Å². The zero-order valence-electron chi connectivity index (χ0n) is 17.1. The van der Waals surface area contributed by atoms with Crippen molar-refractivity contribution in [1.29, 1.82) is 0 Å². The summed E-state index contributed by atoms with van der Waals surface area (Å²) in [5.74, 6) is -0.141. The van der Waals surface area contributed by atoms with Gasteiger partial charge >= 0.3 is 0 Å². The molecule has 3 atom stereocenters. The Balaban J connectivity index is 1.42. The number of rotatable bonds is 5. The first-order valence-corrected chi connectivity index (χ1v) is 11.0. The van der Waals surface area contributed by atoms with E-state index in [0.717, 1.165) is 30.6 Å². The number of benzene rings is 1. The van der Waals surface area contributed by atoms with Crippen LogP contribution < -0.4 is 15.7 Å². The molecule has 5 rings (SSSR count). The van der Waals surface area contributed by atoms with Crippen LogP contribution >= 0.6 is 23.2 Å². The molecule has 32 heavy (non-hydrogen) atoms. The number of fused-ring (bicyclic) bond motifs is 1. The Hall–Kier alpha value is -2.43. The summed E-state index contributed by atoms with van der Waals surface area (Å²) in [7, 11) is 0. The number of halogens is 3. The van der Waals surface area contributed by atoms with Crippen molar-refractivity contribution in [2.24, 2.45) is 0 Å². The Morgan fingerprint density at radius 3 is 2.91 bits per heavy atom. The molecule has 0 amide bonds. The summed E-state index contributed by atoms with van der Waals surface area (Å²) >= 11 is 12.3. The van der Waals surface area contributed by atoms with Crippen molar-refractivity contribution < 1.29 is 14.3 Å². The van der Waals surface area contributed by atoms with E-state index in [1.54, 1.807) is 19.3 Å². The van der Waals surface area contributed by atoms with Gasteiger partial charge in [0.1, 0.15) is 17.6 Å². The van der Waals surface area contributed by atoms with E-state index < -0.39 is 18.3 Å². The minimum atomic E-state index is -1.19. The van der Waals surface area contributed by atoms with E-state index in [4.69, 9.17) is 28.0 Å². The Morgan fingerprint density at radius 2 is 2.12 bits per heavy atom. The fourth-order valence-corrected chi connectivity index (χ4v) is 4.69. The maximum Gasteiger partial charge on any atom is 0.230 e. The number of aliphatic hydroxyl groups excluding tert-OH is 1. The van der Waals surface area contributed by atoms with Crippen LogP contribution in [0.4, 0.5) is 15.9 Å². The molecule has 3 unspecified atom stereocenters. The third-order valence-electron chi connectivity index (χ3n) is 5.69. The molecule has 2 aliphatic heterocycles. The molecule has 1 fully saturated rings. The standard InChI is InChI=1S/C21H21Cl2FN6O2/c1-11(18-15(22)2-3-16(24)19(18)23)32-30-17-6-12(7-26-20(17)28-21(30)31)13-8-27-29(10-13)14-4-5-25-9-14/h2-3,6-8,10-11,14,21,25,31H,4-5,9H2,1H3,(H,26,28). The molecule has 11 heteroatoms. The number of hydrogen-bond donors (Lipinski definition) is 3. The van der Waals surface area contributed by atoms with E-state index in [9.17, 15) is 9.50 Å². The second-order valence-corrected chi connectivity index (χ2v) is 8.58. The molecular weight excluding hydrogens is 458 g/mol. The Bertz CT molecular complexity index is 1150. The molecule has 1 saturated heterocycles. The van der Waals surface area contributed by atoms with E-state index in [-0.39, 0.29) is 10.0 Å². The number of aliphatic hydroxyl groups is 1. The summed E-state index contributed by atoms with van der Waals surface area (Å²) in [6.45, 7) is 3.55. The minimum Gasteiger partial charge on any atom is -0.355 e. The minimum absolute atomic E-state index is 0.118. The number of aromatic nitrogens is 3. The van der Waals surface area contributed by atoms with Crippen LogP contribution in [-0.4, -0.2) is 39.3 Å². The lowest BCUT2D eigenvalue weighted by Gasteiger charge is -2.26. The van der Waals surface area contributed by atoms with Gasteiger partial charge in [-0.05, 0) is 38.1 Å². The highest BCUT2D eigenvalue weighted by Crippen LogP contribution is 2.40. The molecule has 0 spiro atoms. The first-order valence-electron chi connectivity index (χ1n) is 10.2. The zero-order valence-corrected chi connectivity index (χ0v) is 18.6. The van der Waals surface area contributed by atoms with Crippen molar-refractivity contribution in [1.82, 2.24) is 20.1 Å². The molecule has 3 N–H and O–H groups in total. The van der Waals surface area contributed by atoms with Crippen molar-refractivity contribution in [3.8, 4) is 11.1 Å². The normalized spacial score (nSPS) is 21.0. The summed E-state index contributed by atoms with van der Waals surface area (Å²) in [5, 5.41) is 22.6. The van der Waals surface area contributed by atoms with E-state index >= 15 is 0 Å². The Kier molecular flexibility index (Phi) is 5.68. The lowest BCUT2D eigenvalue weighted by atomic mass is 10.1. The molecule has 168 valence electrons. The number of nitrogens with one attached hydrogen (secondary N) is 2. The van der Waals surface area contributed by atoms with Gasteiger partial charge in [-0.3, -0.25) is 9.52 Å². The maximum absolute atomic E-state index is 14.0. The average molecular weight is 479 g/mol. The smallest absolute Gasteiger partial charge is 0.230 e. The van der Waals surface area contributed by atoms with E-state index in [1.807, 2.05) is 16.9 Å². The number of hydrogen-bond acceptors (Lipinski definition) is 7. The number of anilines is 2. The molecule has 8 nitrogen and oxygen atoms in total. The lowest BCUT2D eigenvalue weighted by Crippen LogP contribution is -2.36. The lowest BCUT2D eigenvalue weighted by molar-refractivity contribution is -0.0151. The van der Waals surface area contributed by atoms with Gasteiger partial charge in [-0.25, -0.2) is 14.4 Å². The van der Waals surface area contributed by atoms with Crippen LogP contribution in [0.2, 0.25) is 10.0 Å². The second-order valence-electron chi connectivity index (χ2n) is 7.80. The fourth-order valence-electron chi connectivity index (χ4n) is 4.01. The molecule has 2 aromatic heterocycles. The topological polar surface area (TPSA) is 87.5 Å². The highest BCUT2D eigenvalue weighted by atomic mass is 35.5. The summed E-state index contributed by atoms with van der Waals surface area (Å²) in [4.78, 5) is 10.4. The first-order chi connectivity index (χ1) is 15.4. The largest absolute Gasteiger partial charge is 0.355 e. The van der Waals surface area contributed by atoms with E-state index in [0.29, 0.717) is 23.1 Å². The van der Waals surface area contributed by atoms with Crippen LogP contribution in [-0.2, 0) is 4.84 Å². The van der Waals surface area contributed by atoms with Crippen LogP contribution in [0.1, 0.15) is 31.1 Å². The molecular formula is C21H21Cl2FN6O2. The van der Waals surface area contributed by atoms with Gasteiger partial charge in [0.15, 0.2) is 5.82 Å². The molecule has 2 aliphatic rings. The van der Waals surface area contributed by atoms with Crippen LogP contribution in [0, 0.1) is 5.82 Å². The number of pyridine rings is 1. The van der Waals surface area contributed by atoms with Crippen LogP contribution in [0.5, 0.6) is 0 Å². The third-order valence-corrected chi connectivity index (χ3v) is 6.41. The summed E-state index contributed by atoms with van der Waals surface area (Å²) in [5.41, 5.74) is 2.54.